The van der Waals surface area contributed by atoms with Gasteiger partial charge in [-0.1, -0.05) is 0 Å². The minimum absolute atomic E-state index is 0.136. The van der Waals surface area contributed by atoms with Gasteiger partial charge in [0.2, 0.25) is 0 Å². The van der Waals surface area contributed by atoms with Crippen molar-refractivity contribution in [2.24, 2.45) is 0 Å². The lowest BCUT2D eigenvalue weighted by Crippen LogP contribution is -2.43. The maximum atomic E-state index is 13.2. The summed E-state index contributed by atoms with van der Waals surface area (Å²) >= 11 is 0. The Balaban J connectivity index is 1.63. The number of benzene rings is 1. The van der Waals surface area contributed by atoms with Gasteiger partial charge in [-0.15, -0.1) is 0 Å². The summed E-state index contributed by atoms with van der Waals surface area (Å²) < 4.78 is 40.1. The van der Waals surface area contributed by atoms with Gasteiger partial charge in [0.05, 0.1) is 29.1 Å². The van der Waals surface area contributed by atoms with E-state index in [-0.39, 0.29) is 29.5 Å². The molecule has 0 spiro atoms. The van der Waals surface area contributed by atoms with Gasteiger partial charge in [0, 0.05) is 18.4 Å². The molecule has 0 saturated heterocycles. The van der Waals surface area contributed by atoms with Gasteiger partial charge in [-0.3, -0.25) is 14.3 Å². The summed E-state index contributed by atoms with van der Waals surface area (Å²) in [5.74, 6) is -0.675. The number of anilines is 3. The van der Waals surface area contributed by atoms with E-state index in [9.17, 15) is 22.8 Å². The number of rotatable bonds is 3. The number of hydrogen-bond donors (Lipinski definition) is 2. The highest BCUT2D eigenvalue weighted by molar-refractivity contribution is 6.13. The number of nitrogen functional groups attached to an aromatic ring is 1. The average Bonchev–Trinajstić information content (AvgIpc) is 3.16. The zero-order valence-electron chi connectivity index (χ0n) is 17.1. The van der Waals surface area contributed by atoms with Crippen LogP contribution in [0.5, 0.6) is 0 Å². The van der Waals surface area contributed by atoms with Crippen molar-refractivity contribution in [2.45, 2.75) is 26.1 Å². The molecule has 0 radical (unpaired) electrons. The molecule has 1 aromatic carbocycles. The summed E-state index contributed by atoms with van der Waals surface area (Å²) in [4.78, 5) is 31.2. The maximum absolute atomic E-state index is 13.2. The number of nitrogens with zero attached hydrogens (tertiary/aromatic N) is 4. The summed E-state index contributed by atoms with van der Waals surface area (Å²) in [6, 6.07) is 5.67. The third kappa shape index (κ3) is 3.77. The number of aromatic nitrogens is 3. The molecule has 3 aromatic rings. The molecule has 3 heterocycles. The van der Waals surface area contributed by atoms with E-state index in [1.807, 2.05) is 6.92 Å². The van der Waals surface area contributed by atoms with E-state index in [0.29, 0.717) is 17.1 Å². The fourth-order valence-corrected chi connectivity index (χ4v) is 3.51. The van der Waals surface area contributed by atoms with Gasteiger partial charge < -0.3 is 16.0 Å². The number of fused-ring (bicyclic) bond motifs is 1. The number of amides is 2. The lowest BCUT2D eigenvalue weighted by Gasteiger charge is -2.32. The summed E-state index contributed by atoms with van der Waals surface area (Å²) in [5.41, 5.74) is 6.42. The molecule has 1 aliphatic heterocycles. The van der Waals surface area contributed by atoms with Crippen LogP contribution in [-0.2, 0) is 6.18 Å². The van der Waals surface area contributed by atoms with Crippen LogP contribution in [0.15, 0.2) is 42.7 Å². The van der Waals surface area contributed by atoms with Crippen molar-refractivity contribution >= 4 is 29.0 Å². The van der Waals surface area contributed by atoms with E-state index in [0.717, 1.165) is 12.1 Å². The lowest BCUT2D eigenvalue weighted by molar-refractivity contribution is -0.137. The quantitative estimate of drug-likeness (QED) is 0.641. The standard InChI is InChI=1S/C21H19F3N6O2/c1-11-7-13(8-26-18(11)25)19(31)28-16-9-27-30-12(2)10-29(20(32)17(16)30)15-5-3-14(4-6-15)21(22,23)24/h3-9,12H,10H2,1-2H3,(H2,25,26)(H,28,31)/t12-/m0/s1. The fraction of sp³-hybridized carbons (Fsp3) is 0.238. The molecule has 0 unspecified atom stereocenters. The molecule has 8 nitrogen and oxygen atoms in total. The molecule has 0 fully saturated rings. The zero-order valence-corrected chi connectivity index (χ0v) is 17.1. The van der Waals surface area contributed by atoms with Crippen LogP contribution in [0.4, 0.5) is 30.4 Å². The first kappa shape index (κ1) is 21.3. The molecule has 1 aliphatic rings. The van der Waals surface area contributed by atoms with E-state index >= 15 is 0 Å². The van der Waals surface area contributed by atoms with Gasteiger partial charge in [0.1, 0.15) is 5.82 Å². The molecule has 1 atom stereocenters. The van der Waals surface area contributed by atoms with E-state index in [1.165, 1.54) is 34.1 Å². The van der Waals surface area contributed by atoms with Crippen LogP contribution >= 0.6 is 0 Å². The summed E-state index contributed by atoms with van der Waals surface area (Å²) in [6.07, 6.45) is -1.77. The highest BCUT2D eigenvalue weighted by Crippen LogP contribution is 2.33. The average molecular weight is 444 g/mol. The number of nitrogens with two attached hydrogens (primary N) is 1. The van der Waals surface area contributed by atoms with Crippen LogP contribution in [0.2, 0.25) is 0 Å². The van der Waals surface area contributed by atoms with Gasteiger partial charge in [-0.05, 0) is 49.7 Å². The second-order valence-corrected chi connectivity index (χ2v) is 7.54. The first-order valence-electron chi connectivity index (χ1n) is 9.66. The molecule has 11 heteroatoms. The van der Waals surface area contributed by atoms with Crippen molar-refractivity contribution in [3.63, 3.8) is 0 Å². The molecule has 3 N–H and O–H groups in total. The van der Waals surface area contributed by atoms with Crippen molar-refractivity contribution in [1.29, 1.82) is 0 Å². The number of carbonyl (C=O) groups is 2. The highest BCUT2D eigenvalue weighted by atomic mass is 19.4. The second-order valence-electron chi connectivity index (χ2n) is 7.54. The van der Waals surface area contributed by atoms with Crippen LogP contribution in [0.3, 0.4) is 0 Å². The van der Waals surface area contributed by atoms with Crippen LogP contribution in [0.1, 0.15) is 44.9 Å². The van der Waals surface area contributed by atoms with Crippen LogP contribution in [0, 0.1) is 6.92 Å². The van der Waals surface area contributed by atoms with Gasteiger partial charge in [-0.25, -0.2) is 4.98 Å². The number of aryl methyl sites for hydroxylation is 1. The Bertz CT molecular complexity index is 1200. The molecule has 0 bridgehead atoms. The van der Waals surface area contributed by atoms with Crippen LogP contribution < -0.4 is 16.0 Å². The van der Waals surface area contributed by atoms with E-state index in [4.69, 9.17) is 5.73 Å². The molecule has 0 aliphatic carbocycles. The normalized spacial score (nSPS) is 16.1. The molecular weight excluding hydrogens is 425 g/mol. The molecule has 2 amide bonds. The highest BCUT2D eigenvalue weighted by Gasteiger charge is 2.35. The number of halogens is 3. The topological polar surface area (TPSA) is 106 Å². The van der Waals surface area contributed by atoms with Crippen molar-refractivity contribution in [2.75, 3.05) is 22.5 Å². The monoisotopic (exact) mass is 444 g/mol. The molecule has 32 heavy (non-hydrogen) atoms. The minimum Gasteiger partial charge on any atom is -0.383 e. The van der Waals surface area contributed by atoms with Crippen molar-refractivity contribution in [3.05, 3.63) is 65.1 Å². The van der Waals surface area contributed by atoms with Gasteiger partial charge >= 0.3 is 6.18 Å². The zero-order chi connectivity index (χ0) is 23.2. The minimum atomic E-state index is -4.47. The first-order chi connectivity index (χ1) is 15.1. The first-order valence-corrected chi connectivity index (χ1v) is 9.66. The summed E-state index contributed by atoms with van der Waals surface area (Å²) in [5, 5.41) is 6.88. The lowest BCUT2D eigenvalue weighted by atomic mass is 10.1. The van der Waals surface area contributed by atoms with E-state index < -0.39 is 23.6 Å². The Morgan fingerprint density at radius 3 is 2.53 bits per heavy atom. The molecule has 2 aromatic heterocycles. The van der Waals surface area contributed by atoms with Crippen LogP contribution in [0.25, 0.3) is 0 Å². The van der Waals surface area contributed by atoms with Crippen molar-refractivity contribution in [3.8, 4) is 0 Å². The molecule has 4 rings (SSSR count). The third-order valence-electron chi connectivity index (χ3n) is 5.24. The summed E-state index contributed by atoms with van der Waals surface area (Å²) in [6.45, 7) is 3.75. The van der Waals surface area contributed by atoms with Crippen LogP contribution in [-0.4, -0.2) is 33.1 Å². The van der Waals surface area contributed by atoms with Crippen molar-refractivity contribution < 1.29 is 22.8 Å². The Hall–Kier alpha value is -3.89. The number of pyridine rings is 1. The fourth-order valence-electron chi connectivity index (χ4n) is 3.51. The predicted molar refractivity (Wildman–Crippen MR) is 111 cm³/mol. The number of carbonyl (C=O) groups excluding carboxylic acids is 2. The van der Waals surface area contributed by atoms with E-state index in [1.54, 1.807) is 13.0 Å². The Kier molecular flexibility index (Phi) is 5.11. The molecular formula is C21H19F3N6O2. The third-order valence-corrected chi connectivity index (χ3v) is 5.24. The summed E-state index contributed by atoms with van der Waals surface area (Å²) in [7, 11) is 0. The Morgan fingerprint density at radius 1 is 1.22 bits per heavy atom. The SMILES string of the molecule is Cc1cc(C(=O)Nc2cnn3c2C(=O)N(c2ccc(C(F)(F)F)cc2)C[C@@H]3C)cnc1N. The van der Waals surface area contributed by atoms with E-state index in [2.05, 4.69) is 15.4 Å². The van der Waals surface area contributed by atoms with Gasteiger partial charge in [0.25, 0.3) is 11.8 Å². The smallest absolute Gasteiger partial charge is 0.383 e. The Morgan fingerprint density at radius 2 is 1.91 bits per heavy atom. The number of hydrogen-bond acceptors (Lipinski definition) is 5. The molecule has 0 saturated carbocycles. The van der Waals surface area contributed by atoms with Crippen molar-refractivity contribution in [1.82, 2.24) is 14.8 Å². The number of nitrogens with one attached hydrogen (secondary N) is 1. The number of alkyl halides is 3. The molecule has 166 valence electrons. The largest absolute Gasteiger partial charge is 0.416 e. The second kappa shape index (κ2) is 7.66. The Labute approximate surface area is 180 Å². The predicted octanol–water partition coefficient (Wildman–Crippen LogP) is 3.66. The maximum Gasteiger partial charge on any atom is 0.416 e. The van der Waals surface area contributed by atoms with Gasteiger partial charge in [-0.2, -0.15) is 18.3 Å². The van der Waals surface area contributed by atoms with Gasteiger partial charge in [0.15, 0.2) is 5.69 Å².